The van der Waals surface area contributed by atoms with Crippen molar-refractivity contribution in [2.24, 2.45) is 0 Å². The van der Waals surface area contributed by atoms with Gasteiger partial charge in [0.25, 0.3) is 0 Å². The Kier molecular flexibility index (Phi) is 5.22. The van der Waals surface area contributed by atoms with Gasteiger partial charge in [-0.25, -0.2) is 4.39 Å². The first kappa shape index (κ1) is 13.8. The van der Waals surface area contributed by atoms with Crippen molar-refractivity contribution in [2.75, 3.05) is 44.4 Å². The predicted molar refractivity (Wildman–Crippen MR) is 71.9 cm³/mol. The molecule has 0 spiro atoms. The first-order valence-electron chi connectivity index (χ1n) is 5.99. The van der Waals surface area contributed by atoms with E-state index in [0.717, 1.165) is 31.7 Å². The molecule has 0 heterocycles. The molecule has 96 valence electrons. The summed E-state index contributed by atoms with van der Waals surface area (Å²) in [7, 11) is 4.12. The van der Waals surface area contributed by atoms with E-state index in [-0.39, 0.29) is 5.82 Å². The molecule has 0 bridgehead atoms. The molecule has 0 aromatic heterocycles. The van der Waals surface area contributed by atoms with Crippen LogP contribution in [0.3, 0.4) is 0 Å². The fourth-order valence-corrected chi connectivity index (χ4v) is 1.84. The molecule has 0 saturated carbocycles. The predicted octanol–water partition coefficient (Wildman–Crippen LogP) is 2.19. The molecule has 0 unspecified atom stereocenters. The van der Waals surface area contributed by atoms with Crippen molar-refractivity contribution in [3.63, 3.8) is 0 Å². The lowest BCUT2D eigenvalue weighted by Gasteiger charge is -2.25. The van der Waals surface area contributed by atoms with Crippen molar-refractivity contribution >= 4 is 11.4 Å². The topological polar surface area (TPSA) is 32.5 Å². The van der Waals surface area contributed by atoms with Crippen LogP contribution in [0.5, 0.6) is 0 Å². The van der Waals surface area contributed by atoms with Gasteiger partial charge < -0.3 is 15.5 Å². The number of benzene rings is 1. The van der Waals surface area contributed by atoms with Crippen LogP contribution < -0.4 is 10.6 Å². The number of hydrogen-bond donors (Lipinski definition) is 1. The highest BCUT2D eigenvalue weighted by Gasteiger charge is 2.08. The minimum absolute atomic E-state index is 0.282. The summed E-state index contributed by atoms with van der Waals surface area (Å²) < 4.78 is 13.0. The van der Waals surface area contributed by atoms with E-state index in [2.05, 4.69) is 30.8 Å². The molecule has 0 saturated heterocycles. The summed E-state index contributed by atoms with van der Waals surface area (Å²) in [5.74, 6) is -0.282. The molecule has 0 amide bonds. The fraction of sp³-hybridized carbons (Fsp3) is 0.538. The molecule has 3 nitrogen and oxygen atoms in total. The number of nitrogens with zero attached hydrogens (tertiary/aromatic N) is 2. The Bertz CT molecular complexity index is 353. The number of anilines is 2. The Labute approximate surface area is 103 Å². The maximum absolute atomic E-state index is 13.0. The Morgan fingerprint density at radius 3 is 2.47 bits per heavy atom. The molecule has 0 atom stereocenters. The summed E-state index contributed by atoms with van der Waals surface area (Å²) in [6.45, 7) is 4.93. The van der Waals surface area contributed by atoms with Gasteiger partial charge in [-0.15, -0.1) is 0 Å². The van der Waals surface area contributed by atoms with Gasteiger partial charge in [0.2, 0.25) is 0 Å². The molecular weight excluding hydrogens is 217 g/mol. The SMILES string of the molecule is CCN(CCCN(C)C)c1ccc(F)cc1N. The van der Waals surface area contributed by atoms with E-state index in [1.54, 1.807) is 6.07 Å². The van der Waals surface area contributed by atoms with Gasteiger partial charge >= 0.3 is 0 Å². The molecule has 1 aromatic carbocycles. The Hall–Kier alpha value is -1.29. The Morgan fingerprint density at radius 1 is 1.24 bits per heavy atom. The molecule has 0 radical (unpaired) electrons. The van der Waals surface area contributed by atoms with Crippen LogP contribution in [0, 0.1) is 5.82 Å². The average molecular weight is 239 g/mol. The van der Waals surface area contributed by atoms with E-state index in [1.165, 1.54) is 12.1 Å². The minimum atomic E-state index is -0.282. The number of rotatable bonds is 6. The van der Waals surface area contributed by atoms with Gasteiger partial charge in [0.15, 0.2) is 0 Å². The lowest BCUT2D eigenvalue weighted by molar-refractivity contribution is 0.400. The van der Waals surface area contributed by atoms with Crippen LogP contribution in [0.25, 0.3) is 0 Å². The molecule has 0 aliphatic heterocycles. The number of hydrogen-bond acceptors (Lipinski definition) is 3. The number of nitrogens with two attached hydrogens (primary N) is 1. The largest absolute Gasteiger partial charge is 0.397 e. The summed E-state index contributed by atoms with van der Waals surface area (Å²) in [5.41, 5.74) is 7.27. The molecule has 0 aliphatic rings. The van der Waals surface area contributed by atoms with Crippen LogP contribution in [0.2, 0.25) is 0 Å². The average Bonchev–Trinajstić information content (AvgIpc) is 2.25. The van der Waals surface area contributed by atoms with Gasteiger partial charge in [-0.1, -0.05) is 0 Å². The van der Waals surface area contributed by atoms with Gasteiger partial charge in [0.1, 0.15) is 5.82 Å². The van der Waals surface area contributed by atoms with Crippen molar-refractivity contribution in [3.8, 4) is 0 Å². The summed E-state index contributed by atoms with van der Waals surface area (Å²) >= 11 is 0. The molecule has 0 aliphatic carbocycles. The summed E-state index contributed by atoms with van der Waals surface area (Å²) in [4.78, 5) is 4.33. The second-order valence-electron chi connectivity index (χ2n) is 4.44. The maximum atomic E-state index is 13.0. The van der Waals surface area contributed by atoms with Crippen molar-refractivity contribution in [1.29, 1.82) is 0 Å². The van der Waals surface area contributed by atoms with Crippen LogP contribution in [-0.4, -0.2) is 38.6 Å². The monoisotopic (exact) mass is 239 g/mol. The lowest BCUT2D eigenvalue weighted by Crippen LogP contribution is -2.27. The van der Waals surface area contributed by atoms with Gasteiger partial charge in [-0.2, -0.15) is 0 Å². The van der Waals surface area contributed by atoms with E-state index in [4.69, 9.17) is 5.73 Å². The number of nitrogen functional groups attached to an aromatic ring is 1. The first-order chi connectivity index (χ1) is 8.04. The zero-order chi connectivity index (χ0) is 12.8. The van der Waals surface area contributed by atoms with Crippen LogP contribution >= 0.6 is 0 Å². The van der Waals surface area contributed by atoms with Crippen LogP contribution in [0.1, 0.15) is 13.3 Å². The van der Waals surface area contributed by atoms with Gasteiger partial charge in [-0.05, 0) is 52.2 Å². The molecule has 2 N–H and O–H groups in total. The van der Waals surface area contributed by atoms with Crippen molar-refractivity contribution < 1.29 is 4.39 Å². The molecule has 1 rings (SSSR count). The molecule has 1 aromatic rings. The summed E-state index contributed by atoms with van der Waals surface area (Å²) in [5, 5.41) is 0. The molecule has 0 fully saturated rings. The summed E-state index contributed by atoms with van der Waals surface area (Å²) in [6.07, 6.45) is 1.07. The second kappa shape index (κ2) is 6.45. The van der Waals surface area contributed by atoms with E-state index in [0.29, 0.717) is 5.69 Å². The van der Waals surface area contributed by atoms with Crippen molar-refractivity contribution in [1.82, 2.24) is 4.90 Å². The highest BCUT2D eigenvalue weighted by atomic mass is 19.1. The zero-order valence-electron chi connectivity index (χ0n) is 10.9. The Morgan fingerprint density at radius 2 is 1.94 bits per heavy atom. The van der Waals surface area contributed by atoms with Crippen LogP contribution in [0.15, 0.2) is 18.2 Å². The maximum Gasteiger partial charge on any atom is 0.125 e. The number of halogens is 1. The molecule has 4 heteroatoms. The van der Waals surface area contributed by atoms with E-state index < -0.39 is 0 Å². The Balaban J connectivity index is 2.66. The zero-order valence-corrected chi connectivity index (χ0v) is 10.9. The highest BCUT2D eigenvalue weighted by molar-refractivity contribution is 5.67. The molecular formula is C13H22FN3. The van der Waals surface area contributed by atoms with E-state index in [9.17, 15) is 4.39 Å². The quantitative estimate of drug-likeness (QED) is 0.772. The smallest absolute Gasteiger partial charge is 0.125 e. The van der Waals surface area contributed by atoms with Crippen LogP contribution in [0.4, 0.5) is 15.8 Å². The second-order valence-corrected chi connectivity index (χ2v) is 4.44. The van der Waals surface area contributed by atoms with Gasteiger partial charge in [-0.3, -0.25) is 0 Å². The molecule has 17 heavy (non-hydrogen) atoms. The van der Waals surface area contributed by atoms with E-state index >= 15 is 0 Å². The third-order valence-corrected chi connectivity index (χ3v) is 2.75. The standard InChI is InChI=1S/C13H22FN3/c1-4-17(9-5-8-16(2)3)13-7-6-11(14)10-12(13)15/h6-7,10H,4-5,8-9,15H2,1-3H3. The third-order valence-electron chi connectivity index (χ3n) is 2.75. The fourth-order valence-electron chi connectivity index (χ4n) is 1.84. The van der Waals surface area contributed by atoms with Crippen LogP contribution in [-0.2, 0) is 0 Å². The third kappa shape index (κ3) is 4.23. The van der Waals surface area contributed by atoms with Crippen molar-refractivity contribution in [2.45, 2.75) is 13.3 Å². The summed E-state index contributed by atoms with van der Waals surface area (Å²) in [6, 6.07) is 4.59. The van der Waals surface area contributed by atoms with E-state index in [1.807, 2.05) is 0 Å². The first-order valence-corrected chi connectivity index (χ1v) is 5.99. The lowest BCUT2D eigenvalue weighted by atomic mass is 10.2. The highest BCUT2D eigenvalue weighted by Crippen LogP contribution is 2.23. The van der Waals surface area contributed by atoms with Gasteiger partial charge in [0.05, 0.1) is 11.4 Å². The normalized spacial score (nSPS) is 10.9. The van der Waals surface area contributed by atoms with Gasteiger partial charge in [0, 0.05) is 13.1 Å². The minimum Gasteiger partial charge on any atom is -0.397 e. The van der Waals surface area contributed by atoms with Crippen molar-refractivity contribution in [3.05, 3.63) is 24.0 Å².